The minimum atomic E-state index is 0.657. The largest absolute Gasteiger partial charge is 0.491 e. The van der Waals surface area contributed by atoms with Gasteiger partial charge in [-0.3, -0.25) is 4.98 Å². The lowest BCUT2D eigenvalue weighted by Crippen LogP contribution is -2.03. The van der Waals surface area contributed by atoms with E-state index in [1.807, 2.05) is 24.3 Å². The predicted octanol–water partition coefficient (Wildman–Crippen LogP) is 3.01. The normalized spacial score (nSPS) is 10.7. The van der Waals surface area contributed by atoms with Crippen LogP contribution in [0, 0.1) is 0 Å². The molecule has 1 aromatic carbocycles. The SMILES string of the molecule is NCCCCOc1ccc(Cl)c2cccnc12. The number of nitrogens with two attached hydrogens (primary N) is 1. The molecule has 0 saturated heterocycles. The van der Waals surface area contributed by atoms with Crippen LogP contribution in [0.3, 0.4) is 0 Å². The number of hydrogen-bond acceptors (Lipinski definition) is 3. The standard InChI is InChI=1S/C13H15ClN2O/c14-11-5-6-12(17-9-2-1-7-15)13-10(11)4-3-8-16-13/h3-6,8H,1-2,7,9,15H2. The van der Waals surface area contributed by atoms with Crippen molar-refractivity contribution in [3.05, 3.63) is 35.5 Å². The summed E-state index contributed by atoms with van der Waals surface area (Å²) < 4.78 is 5.70. The summed E-state index contributed by atoms with van der Waals surface area (Å²) in [7, 11) is 0. The van der Waals surface area contributed by atoms with Crippen molar-refractivity contribution in [3.63, 3.8) is 0 Å². The van der Waals surface area contributed by atoms with E-state index >= 15 is 0 Å². The average Bonchev–Trinajstić information content (AvgIpc) is 2.37. The molecule has 2 rings (SSSR count). The van der Waals surface area contributed by atoms with Crippen LogP contribution in [0.1, 0.15) is 12.8 Å². The fourth-order valence-electron chi connectivity index (χ4n) is 1.66. The van der Waals surface area contributed by atoms with Crippen LogP contribution >= 0.6 is 11.6 Å². The molecule has 4 heteroatoms. The number of fused-ring (bicyclic) bond motifs is 1. The molecule has 0 fully saturated rings. The fraction of sp³-hybridized carbons (Fsp3) is 0.308. The molecule has 90 valence electrons. The van der Waals surface area contributed by atoms with Gasteiger partial charge in [-0.05, 0) is 43.7 Å². The Balaban J connectivity index is 2.20. The van der Waals surface area contributed by atoms with Gasteiger partial charge in [-0.25, -0.2) is 0 Å². The van der Waals surface area contributed by atoms with Crippen molar-refractivity contribution in [1.29, 1.82) is 0 Å². The van der Waals surface area contributed by atoms with E-state index < -0.39 is 0 Å². The van der Waals surface area contributed by atoms with Crippen LogP contribution in [0.25, 0.3) is 10.9 Å². The van der Waals surface area contributed by atoms with Crippen LogP contribution in [0.5, 0.6) is 5.75 Å². The summed E-state index contributed by atoms with van der Waals surface area (Å²) in [5, 5.41) is 1.62. The molecule has 2 aromatic rings. The molecule has 1 aromatic heterocycles. The molecular weight excluding hydrogens is 236 g/mol. The Kier molecular flexibility index (Phi) is 4.18. The molecular formula is C13H15ClN2O. The first-order valence-corrected chi connectivity index (χ1v) is 6.07. The number of unbranched alkanes of at least 4 members (excludes halogenated alkanes) is 1. The molecule has 0 aliphatic carbocycles. The molecule has 0 atom stereocenters. The number of nitrogens with zero attached hydrogens (tertiary/aromatic N) is 1. The van der Waals surface area contributed by atoms with Gasteiger partial charge in [-0.1, -0.05) is 11.6 Å². The van der Waals surface area contributed by atoms with Crippen LogP contribution in [0.2, 0.25) is 5.02 Å². The maximum atomic E-state index is 6.10. The number of pyridine rings is 1. The van der Waals surface area contributed by atoms with Crippen molar-refractivity contribution < 1.29 is 4.74 Å². The maximum absolute atomic E-state index is 6.10. The van der Waals surface area contributed by atoms with Gasteiger partial charge in [0.05, 0.1) is 11.6 Å². The predicted molar refractivity (Wildman–Crippen MR) is 70.5 cm³/mol. The summed E-state index contributed by atoms with van der Waals surface area (Å²) in [5.74, 6) is 0.780. The van der Waals surface area contributed by atoms with E-state index in [1.165, 1.54) is 0 Å². The van der Waals surface area contributed by atoms with Gasteiger partial charge in [0.15, 0.2) is 0 Å². The topological polar surface area (TPSA) is 48.1 Å². The van der Waals surface area contributed by atoms with Crippen LogP contribution in [0.4, 0.5) is 0 Å². The maximum Gasteiger partial charge on any atom is 0.145 e. The molecule has 0 amide bonds. The lowest BCUT2D eigenvalue weighted by Gasteiger charge is -2.09. The highest BCUT2D eigenvalue weighted by Crippen LogP contribution is 2.29. The summed E-state index contributed by atoms with van der Waals surface area (Å²) in [6.45, 7) is 1.35. The third-order valence-corrected chi connectivity index (χ3v) is 2.87. The Hall–Kier alpha value is -1.32. The van der Waals surface area contributed by atoms with Crippen molar-refractivity contribution in [2.75, 3.05) is 13.2 Å². The highest BCUT2D eigenvalue weighted by Gasteiger charge is 2.06. The van der Waals surface area contributed by atoms with Crippen molar-refractivity contribution in [1.82, 2.24) is 4.98 Å². The highest BCUT2D eigenvalue weighted by molar-refractivity contribution is 6.35. The first-order valence-electron chi connectivity index (χ1n) is 5.69. The summed E-state index contributed by atoms with van der Waals surface area (Å²) in [6.07, 6.45) is 3.66. The van der Waals surface area contributed by atoms with Crippen molar-refractivity contribution in [2.45, 2.75) is 12.8 Å². The van der Waals surface area contributed by atoms with E-state index in [4.69, 9.17) is 22.1 Å². The van der Waals surface area contributed by atoms with Gasteiger partial charge in [-0.15, -0.1) is 0 Å². The van der Waals surface area contributed by atoms with Crippen LogP contribution in [-0.2, 0) is 0 Å². The lowest BCUT2D eigenvalue weighted by atomic mass is 10.2. The van der Waals surface area contributed by atoms with Gasteiger partial charge in [0.1, 0.15) is 11.3 Å². The van der Waals surface area contributed by atoms with Gasteiger partial charge in [0.2, 0.25) is 0 Å². The molecule has 3 nitrogen and oxygen atoms in total. The number of aromatic nitrogens is 1. The van der Waals surface area contributed by atoms with Crippen LogP contribution < -0.4 is 10.5 Å². The van der Waals surface area contributed by atoms with Crippen molar-refractivity contribution in [2.24, 2.45) is 5.73 Å². The molecule has 0 aliphatic rings. The van der Waals surface area contributed by atoms with Crippen LogP contribution in [0.15, 0.2) is 30.5 Å². The average molecular weight is 251 g/mol. The zero-order valence-corrected chi connectivity index (χ0v) is 10.3. The number of halogens is 1. The molecule has 0 bridgehead atoms. The smallest absolute Gasteiger partial charge is 0.145 e. The van der Waals surface area contributed by atoms with Crippen molar-refractivity contribution >= 4 is 22.5 Å². The minimum Gasteiger partial charge on any atom is -0.491 e. The number of hydrogen-bond donors (Lipinski definition) is 1. The van der Waals surface area contributed by atoms with Crippen molar-refractivity contribution in [3.8, 4) is 5.75 Å². The summed E-state index contributed by atoms with van der Waals surface area (Å²) in [6, 6.07) is 7.51. The molecule has 2 N–H and O–H groups in total. The first-order chi connectivity index (χ1) is 8.33. The minimum absolute atomic E-state index is 0.657. The van der Waals surface area contributed by atoms with E-state index in [-0.39, 0.29) is 0 Å². The van der Waals surface area contributed by atoms with Gasteiger partial charge in [0, 0.05) is 11.6 Å². The van der Waals surface area contributed by atoms with E-state index in [2.05, 4.69) is 4.98 Å². The summed E-state index contributed by atoms with van der Waals surface area (Å²) >= 11 is 6.10. The molecule has 0 saturated carbocycles. The molecule has 0 spiro atoms. The van der Waals surface area contributed by atoms with Gasteiger partial charge in [0.25, 0.3) is 0 Å². The Bertz CT molecular complexity index is 502. The monoisotopic (exact) mass is 250 g/mol. The third-order valence-electron chi connectivity index (χ3n) is 2.54. The van der Waals surface area contributed by atoms with E-state index in [9.17, 15) is 0 Å². The van der Waals surface area contributed by atoms with E-state index in [0.717, 1.165) is 29.5 Å². The van der Waals surface area contributed by atoms with Crippen LogP contribution in [-0.4, -0.2) is 18.1 Å². The third kappa shape index (κ3) is 2.87. The Morgan fingerprint density at radius 3 is 2.94 bits per heavy atom. The van der Waals surface area contributed by atoms with E-state index in [1.54, 1.807) is 6.20 Å². The number of benzene rings is 1. The van der Waals surface area contributed by atoms with Gasteiger partial charge >= 0.3 is 0 Å². The molecule has 0 aliphatic heterocycles. The van der Waals surface area contributed by atoms with Gasteiger partial charge < -0.3 is 10.5 Å². The Morgan fingerprint density at radius 2 is 2.12 bits per heavy atom. The number of ether oxygens (including phenoxy) is 1. The molecule has 1 heterocycles. The second-order valence-corrected chi connectivity index (χ2v) is 4.20. The molecule has 0 radical (unpaired) electrons. The van der Waals surface area contributed by atoms with E-state index in [0.29, 0.717) is 18.2 Å². The molecule has 0 unspecified atom stereocenters. The molecule has 17 heavy (non-hydrogen) atoms. The first kappa shape index (κ1) is 12.1. The number of rotatable bonds is 5. The zero-order valence-electron chi connectivity index (χ0n) is 9.53. The fourth-order valence-corrected chi connectivity index (χ4v) is 1.87. The second kappa shape index (κ2) is 5.84. The summed E-state index contributed by atoms with van der Waals surface area (Å²) in [4.78, 5) is 4.31. The highest BCUT2D eigenvalue weighted by atomic mass is 35.5. The Labute approximate surface area is 106 Å². The second-order valence-electron chi connectivity index (χ2n) is 3.79. The Morgan fingerprint density at radius 1 is 1.24 bits per heavy atom. The zero-order chi connectivity index (χ0) is 12.1. The van der Waals surface area contributed by atoms with Gasteiger partial charge in [-0.2, -0.15) is 0 Å². The quantitative estimate of drug-likeness (QED) is 0.830. The lowest BCUT2D eigenvalue weighted by molar-refractivity contribution is 0.311. The summed E-state index contributed by atoms with van der Waals surface area (Å²) in [5.41, 5.74) is 6.25.